The first-order valence-electron chi connectivity index (χ1n) is 3.39. The number of hydrogen-bond donors (Lipinski definition) is 0. The van der Waals surface area contributed by atoms with Crippen LogP contribution in [0.15, 0.2) is 18.4 Å². The predicted molar refractivity (Wildman–Crippen MR) is 41.2 cm³/mol. The topological polar surface area (TPSA) is 35.5 Å². The van der Waals surface area contributed by atoms with Gasteiger partial charge in [0.2, 0.25) is 0 Å². The molecule has 0 aromatic heterocycles. The van der Waals surface area contributed by atoms with Crippen LogP contribution in [0.5, 0.6) is 0 Å². The second kappa shape index (κ2) is 7.06. The lowest BCUT2D eigenvalue weighted by atomic mass is 10.6. The molecular formula is C8H12O3. The van der Waals surface area contributed by atoms with Crippen molar-refractivity contribution >= 4 is 5.97 Å². The van der Waals surface area contributed by atoms with Gasteiger partial charge >= 0.3 is 5.97 Å². The van der Waals surface area contributed by atoms with Gasteiger partial charge in [-0.05, 0) is 13.0 Å². The minimum absolute atomic E-state index is 0.0154. The van der Waals surface area contributed by atoms with E-state index in [-0.39, 0.29) is 19.2 Å². The molecule has 0 spiro atoms. The van der Waals surface area contributed by atoms with Crippen LogP contribution in [0.4, 0.5) is 0 Å². The van der Waals surface area contributed by atoms with Crippen LogP contribution >= 0.6 is 0 Å². The first-order chi connectivity index (χ1) is 5.31. The molecule has 0 aliphatic carbocycles. The maximum Gasteiger partial charge on any atom is 0.332 e. The molecule has 0 N–H and O–H groups in total. The van der Waals surface area contributed by atoms with Crippen molar-refractivity contribution in [2.24, 2.45) is 0 Å². The fourth-order valence-corrected chi connectivity index (χ4v) is 0.421. The van der Waals surface area contributed by atoms with Crippen LogP contribution in [0.3, 0.4) is 0 Å². The van der Waals surface area contributed by atoms with Gasteiger partial charge in [-0.15, -0.1) is 5.73 Å². The Hall–Kier alpha value is -1.05. The number of carbonyl (C=O) groups is 1. The van der Waals surface area contributed by atoms with Gasteiger partial charge < -0.3 is 9.47 Å². The molecule has 0 heterocycles. The third kappa shape index (κ3) is 6.84. The lowest BCUT2D eigenvalue weighted by Gasteiger charge is -1.99. The average molecular weight is 156 g/mol. The summed E-state index contributed by atoms with van der Waals surface area (Å²) in [4.78, 5) is 10.7. The van der Waals surface area contributed by atoms with Gasteiger partial charge in [-0.3, -0.25) is 0 Å². The highest BCUT2D eigenvalue weighted by Gasteiger charge is 1.98. The van der Waals surface area contributed by atoms with Gasteiger partial charge in [0.15, 0.2) is 0 Å². The number of hydrogen-bond acceptors (Lipinski definition) is 3. The van der Waals surface area contributed by atoms with Crippen LogP contribution < -0.4 is 0 Å². The number of rotatable bonds is 5. The second-order valence-corrected chi connectivity index (χ2v) is 1.73. The molecule has 0 aliphatic heterocycles. The summed E-state index contributed by atoms with van der Waals surface area (Å²) < 4.78 is 9.46. The highest BCUT2D eigenvalue weighted by atomic mass is 16.6. The van der Waals surface area contributed by atoms with Gasteiger partial charge in [0, 0.05) is 6.61 Å². The maximum absolute atomic E-state index is 10.7. The highest BCUT2D eigenvalue weighted by molar-refractivity contribution is 5.70. The summed E-state index contributed by atoms with van der Waals surface area (Å²) in [5.41, 5.74) is 2.49. The van der Waals surface area contributed by atoms with Gasteiger partial charge in [-0.25, -0.2) is 4.79 Å². The monoisotopic (exact) mass is 156 g/mol. The molecule has 0 aliphatic rings. The zero-order valence-electron chi connectivity index (χ0n) is 6.63. The van der Waals surface area contributed by atoms with E-state index >= 15 is 0 Å². The Morgan fingerprint density at radius 3 is 3.00 bits per heavy atom. The van der Waals surface area contributed by atoms with Gasteiger partial charge in [-0.2, -0.15) is 0 Å². The third-order valence-corrected chi connectivity index (χ3v) is 0.896. The van der Waals surface area contributed by atoms with E-state index in [0.29, 0.717) is 6.61 Å². The van der Waals surface area contributed by atoms with E-state index in [9.17, 15) is 4.79 Å². The summed E-state index contributed by atoms with van der Waals surface area (Å²) in [5, 5.41) is 0. The molecule has 11 heavy (non-hydrogen) atoms. The Bertz CT molecular complexity index is 157. The van der Waals surface area contributed by atoms with Crippen molar-refractivity contribution in [3.63, 3.8) is 0 Å². The van der Waals surface area contributed by atoms with E-state index in [1.54, 1.807) is 0 Å². The summed E-state index contributed by atoms with van der Waals surface area (Å²) in [6, 6.07) is 0. The smallest absolute Gasteiger partial charge is 0.332 e. The number of ether oxygens (including phenoxy) is 2. The van der Waals surface area contributed by atoms with Crippen LogP contribution in [0.25, 0.3) is 0 Å². The van der Waals surface area contributed by atoms with Crippen molar-refractivity contribution in [3.05, 3.63) is 18.4 Å². The van der Waals surface area contributed by atoms with Crippen molar-refractivity contribution in [2.45, 2.75) is 6.92 Å². The Kier molecular flexibility index (Phi) is 6.39. The highest BCUT2D eigenvalue weighted by Crippen LogP contribution is 1.81. The first-order valence-corrected chi connectivity index (χ1v) is 3.39. The Balaban J connectivity index is 3.29. The van der Waals surface area contributed by atoms with Crippen molar-refractivity contribution in [2.75, 3.05) is 19.8 Å². The standard InChI is InChI=1S/C8H12O3/c1-3-5-6-11-8(9)7-10-4-2/h5H,1,4,6-7H2,2H3. The fourth-order valence-electron chi connectivity index (χ4n) is 0.421. The van der Waals surface area contributed by atoms with E-state index in [2.05, 4.69) is 17.0 Å². The quantitative estimate of drug-likeness (QED) is 0.438. The van der Waals surface area contributed by atoms with E-state index in [1.807, 2.05) is 6.92 Å². The minimum Gasteiger partial charge on any atom is -0.459 e. The lowest BCUT2D eigenvalue weighted by Crippen LogP contribution is -2.12. The predicted octanol–water partition coefficient (Wildman–Crippen LogP) is 0.907. The van der Waals surface area contributed by atoms with E-state index in [4.69, 9.17) is 4.74 Å². The lowest BCUT2D eigenvalue weighted by molar-refractivity contribution is -0.147. The summed E-state index contributed by atoms with van der Waals surface area (Å²) >= 11 is 0. The van der Waals surface area contributed by atoms with Gasteiger partial charge in [0.05, 0.1) is 0 Å². The molecule has 0 aromatic carbocycles. The SMILES string of the molecule is C=C=CCOC(=O)COCC. The molecule has 0 bridgehead atoms. The molecule has 0 aromatic rings. The molecule has 0 fully saturated rings. The van der Waals surface area contributed by atoms with Crippen LogP contribution in [0.2, 0.25) is 0 Å². The summed E-state index contributed by atoms with van der Waals surface area (Å²) in [7, 11) is 0. The Labute approximate surface area is 66.3 Å². The summed E-state index contributed by atoms with van der Waals surface area (Å²) in [5.74, 6) is -0.363. The zero-order valence-corrected chi connectivity index (χ0v) is 6.63. The van der Waals surface area contributed by atoms with Crippen LogP contribution in [-0.4, -0.2) is 25.8 Å². The van der Waals surface area contributed by atoms with Crippen molar-refractivity contribution in [1.29, 1.82) is 0 Å². The van der Waals surface area contributed by atoms with E-state index in [0.717, 1.165) is 0 Å². The Morgan fingerprint density at radius 1 is 1.73 bits per heavy atom. The molecule has 0 radical (unpaired) electrons. The fraction of sp³-hybridized carbons (Fsp3) is 0.500. The molecular weight excluding hydrogens is 144 g/mol. The largest absolute Gasteiger partial charge is 0.459 e. The summed E-state index contributed by atoms with van der Waals surface area (Å²) in [6.45, 7) is 5.89. The number of carbonyl (C=O) groups excluding carboxylic acids is 1. The molecule has 0 amide bonds. The van der Waals surface area contributed by atoms with Gasteiger partial charge in [-0.1, -0.05) is 6.58 Å². The van der Waals surface area contributed by atoms with Crippen LogP contribution in [0, 0.1) is 0 Å². The Morgan fingerprint density at radius 2 is 2.45 bits per heavy atom. The molecule has 62 valence electrons. The van der Waals surface area contributed by atoms with E-state index < -0.39 is 0 Å². The minimum atomic E-state index is -0.363. The normalized spacial score (nSPS) is 8.45. The second-order valence-electron chi connectivity index (χ2n) is 1.73. The van der Waals surface area contributed by atoms with Crippen LogP contribution in [0.1, 0.15) is 6.92 Å². The molecule has 0 saturated heterocycles. The maximum atomic E-state index is 10.7. The first kappa shape index (κ1) is 9.95. The van der Waals surface area contributed by atoms with Crippen molar-refractivity contribution in [1.82, 2.24) is 0 Å². The average Bonchev–Trinajstić information content (AvgIpc) is 2.01. The third-order valence-electron chi connectivity index (χ3n) is 0.896. The van der Waals surface area contributed by atoms with E-state index in [1.165, 1.54) is 6.08 Å². The molecule has 3 heteroatoms. The van der Waals surface area contributed by atoms with Crippen LogP contribution in [-0.2, 0) is 14.3 Å². The number of esters is 1. The molecule has 3 nitrogen and oxygen atoms in total. The van der Waals surface area contributed by atoms with Crippen molar-refractivity contribution in [3.8, 4) is 0 Å². The zero-order chi connectivity index (χ0) is 8.53. The molecule has 0 unspecified atom stereocenters. The molecule has 0 saturated carbocycles. The molecule has 0 rings (SSSR count). The van der Waals surface area contributed by atoms with Crippen molar-refractivity contribution < 1.29 is 14.3 Å². The van der Waals surface area contributed by atoms with Gasteiger partial charge in [0.25, 0.3) is 0 Å². The summed E-state index contributed by atoms with van der Waals surface area (Å²) in [6.07, 6.45) is 1.53. The molecule has 0 atom stereocenters. The van der Waals surface area contributed by atoms with Gasteiger partial charge in [0.1, 0.15) is 13.2 Å².